The molecular weight excluding hydrogens is 595 g/mol. The second kappa shape index (κ2) is 31.3. The number of halogens is 2. The third kappa shape index (κ3) is 24.9. The van der Waals surface area contributed by atoms with Gasteiger partial charge in [0.15, 0.2) is 0 Å². The van der Waals surface area contributed by atoms with Crippen molar-refractivity contribution >= 4 is 48.4 Å². The van der Waals surface area contributed by atoms with Crippen molar-refractivity contribution in [1.29, 1.82) is 0 Å². The van der Waals surface area contributed by atoms with E-state index in [2.05, 4.69) is 16.0 Å². The van der Waals surface area contributed by atoms with Crippen molar-refractivity contribution in [3.63, 3.8) is 0 Å². The summed E-state index contributed by atoms with van der Waals surface area (Å²) in [6.45, 7) is 5.68. The Balaban J connectivity index is -0.00000800. The number of nitrogens with zero attached hydrogens (tertiary/aromatic N) is 1. The van der Waals surface area contributed by atoms with E-state index in [1.807, 2.05) is 38.2 Å². The fourth-order valence-electron chi connectivity index (χ4n) is 3.98. The fraction of sp³-hybridized carbons (Fsp3) is 0.733. The maximum absolute atomic E-state index is 13.3. The Labute approximate surface area is 271 Å². The summed E-state index contributed by atoms with van der Waals surface area (Å²) in [7, 11) is 0. The number of hydrogen-bond acceptors (Lipinski definition) is 7. The smallest absolute Gasteiger partial charge is 0.247 e. The van der Waals surface area contributed by atoms with Gasteiger partial charge in [0, 0.05) is 39.0 Å². The minimum Gasteiger partial charge on any atom is -0.394 e. The van der Waals surface area contributed by atoms with Gasteiger partial charge in [0.1, 0.15) is 6.04 Å². The van der Waals surface area contributed by atoms with E-state index in [1.54, 1.807) is 4.90 Å². The number of nitrogens with two attached hydrogens (primary N) is 2. The van der Waals surface area contributed by atoms with Crippen LogP contribution >= 0.6 is 24.8 Å². The number of rotatable bonds is 25. The quantitative estimate of drug-likeness (QED) is 0.0647. The molecule has 0 heterocycles. The number of aliphatic hydroxyl groups excluding tert-OH is 1. The molecule has 0 aromatic rings. The van der Waals surface area contributed by atoms with E-state index in [0.29, 0.717) is 90.5 Å². The number of nitrogens with one attached hydrogen (secondary N) is 3. The Morgan fingerprint density at radius 3 is 1.84 bits per heavy atom. The third-order valence-corrected chi connectivity index (χ3v) is 6.40. The van der Waals surface area contributed by atoms with Gasteiger partial charge in [-0.1, -0.05) is 44.6 Å². The highest BCUT2D eigenvalue weighted by molar-refractivity contribution is 5.89. The Morgan fingerprint density at radius 2 is 1.33 bits per heavy atom. The van der Waals surface area contributed by atoms with Crippen LogP contribution in [0.1, 0.15) is 90.9 Å². The lowest BCUT2D eigenvalue weighted by molar-refractivity contribution is -0.138. The first-order chi connectivity index (χ1) is 19.8. The van der Waals surface area contributed by atoms with E-state index in [9.17, 15) is 24.3 Å². The molecule has 0 aromatic carbocycles. The molecule has 13 heteroatoms. The van der Waals surface area contributed by atoms with Gasteiger partial charge in [0.25, 0.3) is 0 Å². The summed E-state index contributed by atoms with van der Waals surface area (Å²) in [6, 6.07) is -1.90. The largest absolute Gasteiger partial charge is 0.394 e. The maximum atomic E-state index is 13.3. The summed E-state index contributed by atoms with van der Waals surface area (Å²) >= 11 is 0. The number of carbonyl (C=O) groups is 4. The molecule has 0 rings (SSSR count). The molecule has 8 N–H and O–H groups in total. The predicted molar refractivity (Wildman–Crippen MR) is 178 cm³/mol. The van der Waals surface area contributed by atoms with Crippen LogP contribution < -0.4 is 27.4 Å². The molecule has 43 heavy (non-hydrogen) atoms. The number of carbonyl (C=O) groups excluding carboxylic acids is 4. The Bertz CT molecular complexity index is 801. The van der Waals surface area contributed by atoms with Gasteiger partial charge >= 0.3 is 0 Å². The molecule has 0 aromatic heterocycles. The molecule has 4 amide bonds. The van der Waals surface area contributed by atoms with Crippen molar-refractivity contribution in [3.8, 4) is 0 Å². The van der Waals surface area contributed by atoms with Crippen LogP contribution in [-0.4, -0.2) is 85.0 Å². The van der Waals surface area contributed by atoms with Crippen LogP contribution in [0.15, 0.2) is 24.3 Å². The minimum absolute atomic E-state index is 0. The lowest BCUT2D eigenvalue weighted by Crippen LogP contribution is -2.54. The van der Waals surface area contributed by atoms with Crippen LogP contribution in [0.4, 0.5) is 0 Å². The molecule has 0 saturated heterocycles. The van der Waals surface area contributed by atoms with Crippen LogP contribution in [-0.2, 0) is 19.2 Å². The highest BCUT2D eigenvalue weighted by atomic mass is 35.5. The number of amides is 4. The van der Waals surface area contributed by atoms with Gasteiger partial charge in [0.2, 0.25) is 23.6 Å². The van der Waals surface area contributed by atoms with Crippen molar-refractivity contribution in [2.45, 2.75) is 103 Å². The Hall–Kier alpha value is -2.18. The lowest BCUT2D eigenvalue weighted by atomic mass is 10.1. The molecule has 0 aliphatic rings. The van der Waals surface area contributed by atoms with Crippen molar-refractivity contribution in [1.82, 2.24) is 20.9 Å². The molecule has 0 saturated carbocycles. The van der Waals surface area contributed by atoms with Crippen molar-refractivity contribution in [3.05, 3.63) is 24.3 Å². The van der Waals surface area contributed by atoms with Gasteiger partial charge in [0.05, 0.1) is 12.6 Å². The van der Waals surface area contributed by atoms with E-state index < -0.39 is 30.5 Å². The molecule has 0 fully saturated rings. The van der Waals surface area contributed by atoms with E-state index >= 15 is 0 Å². The number of aliphatic hydroxyl groups is 1. The molecule has 0 bridgehead atoms. The van der Waals surface area contributed by atoms with Crippen LogP contribution in [0.5, 0.6) is 0 Å². The Kier molecular flexibility index (Phi) is 32.9. The summed E-state index contributed by atoms with van der Waals surface area (Å²) in [5.41, 5.74) is 11.5. The normalized spacial score (nSPS) is 12.2. The molecule has 252 valence electrons. The molecule has 0 radical (unpaired) electrons. The third-order valence-electron chi connectivity index (χ3n) is 6.40. The summed E-state index contributed by atoms with van der Waals surface area (Å²) in [5.74, 6) is -0.952. The monoisotopic (exact) mass is 652 g/mol. The molecule has 2 atom stereocenters. The highest BCUT2D eigenvalue weighted by Gasteiger charge is 2.27. The zero-order chi connectivity index (χ0) is 30.7. The Morgan fingerprint density at radius 1 is 0.791 bits per heavy atom. The predicted octanol–water partition coefficient (Wildman–Crippen LogP) is 2.49. The SMILES string of the molecule is CC/C=C\CCC(=O)NCCCCN(CCCNC(=O)CC/C=C\CC)C(=O)[C@H](CO)NC(=O)[C@@H](N)CCCCN.Cl.Cl. The topological polar surface area (TPSA) is 180 Å². The van der Waals surface area contributed by atoms with Crippen molar-refractivity contribution in [2.24, 2.45) is 11.5 Å². The first-order valence-corrected chi connectivity index (χ1v) is 15.3. The van der Waals surface area contributed by atoms with Crippen molar-refractivity contribution in [2.75, 3.05) is 39.3 Å². The first kappa shape index (κ1) is 45.3. The summed E-state index contributed by atoms with van der Waals surface area (Å²) in [5, 5.41) is 18.3. The molecule has 0 aliphatic heterocycles. The minimum atomic E-state index is -1.11. The lowest BCUT2D eigenvalue weighted by Gasteiger charge is -2.28. The van der Waals surface area contributed by atoms with Crippen LogP contribution in [0, 0.1) is 0 Å². The zero-order valence-corrected chi connectivity index (χ0v) is 27.8. The standard InChI is InChI=1S/C30H56N6O5.2ClH/c1-3-5-7-9-17-27(38)33-20-13-14-22-36(23-15-21-34-28(39)18-10-8-6-4-2)30(41)26(24-37)35-29(40)25(32)16-11-12-19-31;;/h5-8,25-26,37H,3-4,9-24,31-32H2,1-2H3,(H,33,38)(H,34,39)(H,35,40);2*1H/b7-5-,8-6-;;/t25-,26-;;/m0../s1. The fourth-order valence-corrected chi connectivity index (χ4v) is 3.98. The molecule has 11 nitrogen and oxygen atoms in total. The van der Waals surface area contributed by atoms with E-state index in [4.69, 9.17) is 11.5 Å². The molecule has 0 unspecified atom stereocenters. The van der Waals surface area contributed by atoms with Gasteiger partial charge < -0.3 is 37.4 Å². The summed E-state index contributed by atoms with van der Waals surface area (Å²) in [6.07, 6.45) is 15.9. The molecule has 0 spiro atoms. The van der Waals surface area contributed by atoms with E-state index in [-0.39, 0.29) is 36.6 Å². The van der Waals surface area contributed by atoms with Crippen LogP contribution in [0.2, 0.25) is 0 Å². The summed E-state index contributed by atoms with van der Waals surface area (Å²) < 4.78 is 0. The van der Waals surface area contributed by atoms with Gasteiger partial charge in [-0.2, -0.15) is 0 Å². The molecule has 0 aliphatic carbocycles. The average molecular weight is 654 g/mol. The molecular formula is C30H58Cl2N6O5. The van der Waals surface area contributed by atoms with Gasteiger partial charge in [-0.3, -0.25) is 19.2 Å². The number of allylic oxidation sites excluding steroid dienone is 4. The maximum Gasteiger partial charge on any atom is 0.247 e. The van der Waals surface area contributed by atoms with E-state index in [1.165, 1.54) is 0 Å². The van der Waals surface area contributed by atoms with Gasteiger partial charge in [-0.25, -0.2) is 0 Å². The highest BCUT2D eigenvalue weighted by Crippen LogP contribution is 2.04. The second-order valence-electron chi connectivity index (χ2n) is 10.1. The number of unbranched alkanes of at least 4 members (excludes halogenated alkanes) is 2. The van der Waals surface area contributed by atoms with E-state index in [0.717, 1.165) is 19.3 Å². The van der Waals surface area contributed by atoms with Gasteiger partial charge in [-0.15, -0.1) is 24.8 Å². The van der Waals surface area contributed by atoms with Gasteiger partial charge in [-0.05, 0) is 64.3 Å². The number of hydrogen-bond donors (Lipinski definition) is 6. The van der Waals surface area contributed by atoms with Crippen molar-refractivity contribution < 1.29 is 24.3 Å². The first-order valence-electron chi connectivity index (χ1n) is 15.3. The average Bonchev–Trinajstić information content (AvgIpc) is 2.96. The zero-order valence-electron chi connectivity index (χ0n) is 26.2. The summed E-state index contributed by atoms with van der Waals surface area (Å²) in [4.78, 5) is 51.4. The second-order valence-corrected chi connectivity index (χ2v) is 10.1. The van der Waals surface area contributed by atoms with Crippen LogP contribution in [0.3, 0.4) is 0 Å². The van der Waals surface area contributed by atoms with Crippen LogP contribution in [0.25, 0.3) is 0 Å².